The molecule has 10 heavy (non-hydrogen) atoms. The first-order chi connectivity index (χ1) is 3.46. The largest absolute Gasteiger partial charge is 1.00 e. The Hall–Kier alpha value is 2.64. The first-order valence-corrected chi connectivity index (χ1v) is 1.22. The predicted molar refractivity (Wildman–Crippen MR) is 10.8 cm³/mol. The summed E-state index contributed by atoms with van der Waals surface area (Å²) in [6.07, 6.45) is -4.67. The summed E-state index contributed by atoms with van der Waals surface area (Å²) in [6.45, 7) is 0. The zero-order chi connectivity index (χ0) is 7.15. The van der Waals surface area contributed by atoms with Crippen LogP contribution in [0.5, 0.6) is 0 Å². The Labute approximate surface area is 174 Å². The Kier molecular flexibility index (Phi) is 40.5. The molecule has 0 unspecified atom stereocenters. The molecular weight excluding hydrogens is 386 g/mol. The van der Waals surface area contributed by atoms with E-state index >= 15 is 0 Å². The average Bonchev–Trinajstić information content (AvgIpc) is 1.25. The van der Waals surface area contributed by atoms with E-state index in [4.69, 9.17) is 30.0 Å². The molecule has 0 aromatic rings. The molecule has 8 heteroatoms. The summed E-state index contributed by atoms with van der Waals surface area (Å²) in [5.74, 6) is 0. The summed E-state index contributed by atoms with van der Waals surface area (Å²) in [5, 5.41) is 33.3. The number of hydrogen-bond donors (Lipinski definition) is 0. The van der Waals surface area contributed by atoms with Crippen LogP contribution in [0.15, 0.2) is 0 Å². The van der Waals surface area contributed by atoms with Crippen molar-refractivity contribution in [2.75, 3.05) is 0 Å². The van der Waals surface area contributed by atoms with Gasteiger partial charge >= 0.3 is 138 Å². The van der Waals surface area contributed by atoms with E-state index in [1.165, 1.54) is 0 Å². The van der Waals surface area contributed by atoms with Crippen LogP contribution in [0.25, 0.3) is 0 Å². The molecule has 0 aliphatic heterocycles. The summed E-state index contributed by atoms with van der Waals surface area (Å²) in [5.41, 5.74) is 0. The van der Waals surface area contributed by atoms with Gasteiger partial charge in [-0.05, 0) is 12.3 Å². The van der Waals surface area contributed by atoms with Crippen molar-refractivity contribution in [3.63, 3.8) is 0 Å². The van der Waals surface area contributed by atoms with Gasteiger partial charge < -0.3 is 30.0 Å². The van der Waals surface area contributed by atoms with E-state index < -0.39 is 12.3 Å². The molecule has 0 spiro atoms. The van der Waals surface area contributed by atoms with E-state index in [1.807, 2.05) is 0 Å². The van der Waals surface area contributed by atoms with E-state index in [0.717, 1.165) is 0 Å². The monoisotopic (exact) mass is 386 g/mol. The third-order valence-corrected chi connectivity index (χ3v) is 0. The summed E-state index contributed by atoms with van der Waals surface area (Å²) < 4.78 is 0. The fourth-order valence-corrected chi connectivity index (χ4v) is 0. The molecule has 0 fully saturated rings. The van der Waals surface area contributed by atoms with Gasteiger partial charge in [0.25, 0.3) is 0 Å². The quantitative estimate of drug-likeness (QED) is 0.407. The minimum absolute atomic E-state index is 0. The van der Waals surface area contributed by atoms with Gasteiger partial charge in [-0.2, -0.15) is 0 Å². The van der Waals surface area contributed by atoms with Crippen LogP contribution in [-0.2, 0) is 0 Å². The average molecular weight is 386 g/mol. The van der Waals surface area contributed by atoms with Gasteiger partial charge in [0.05, 0.1) is 0 Å². The van der Waals surface area contributed by atoms with Gasteiger partial charge in [-0.3, -0.25) is 0 Å². The van der Waals surface area contributed by atoms with Crippen molar-refractivity contribution in [3.8, 4) is 0 Å². The molecule has 0 aliphatic rings. The van der Waals surface area contributed by atoms with Gasteiger partial charge in [0.15, 0.2) is 0 Å². The minimum atomic E-state index is -2.33. The summed E-state index contributed by atoms with van der Waals surface area (Å²) in [7, 11) is 0. The van der Waals surface area contributed by atoms with Gasteiger partial charge in [0, 0.05) is 0 Å². The molecule has 0 heterocycles. The molecule has 0 radical (unpaired) electrons. The second-order valence-electron chi connectivity index (χ2n) is 0.500. The van der Waals surface area contributed by atoms with E-state index in [1.54, 1.807) is 0 Å². The summed E-state index contributed by atoms with van der Waals surface area (Å²) in [4.78, 5) is 16.7. The fraction of sp³-hybridized carbons (Fsp3) is 0. The van der Waals surface area contributed by atoms with Crippen molar-refractivity contribution < 1.29 is 168 Å². The third-order valence-electron chi connectivity index (χ3n) is 0. The summed E-state index contributed by atoms with van der Waals surface area (Å²) >= 11 is 0. The molecule has 0 saturated carbocycles. The van der Waals surface area contributed by atoms with E-state index in [2.05, 4.69) is 0 Å². The Morgan fingerprint density at radius 2 is 0.700 bits per heavy atom. The molecule has 0 atom stereocenters. The molecule has 0 aromatic carbocycles. The number of carbonyl (C=O) groups is 2. The van der Waals surface area contributed by atoms with Gasteiger partial charge in [0.1, 0.15) is 0 Å². The maximum absolute atomic E-state index is 8.33. The van der Waals surface area contributed by atoms with Crippen LogP contribution in [0.1, 0.15) is 0 Å². The van der Waals surface area contributed by atoms with Crippen LogP contribution in [0.2, 0.25) is 0 Å². The van der Waals surface area contributed by atoms with Crippen LogP contribution in [-0.4, -0.2) is 12.3 Å². The van der Waals surface area contributed by atoms with E-state index in [-0.39, 0.29) is 138 Å². The van der Waals surface area contributed by atoms with Gasteiger partial charge in [-0.25, -0.2) is 0 Å². The molecule has 0 aliphatic carbocycles. The molecular formula is C2Cs2O6-2. The van der Waals surface area contributed by atoms with Gasteiger partial charge in [-0.15, -0.1) is 0 Å². The molecule has 6 nitrogen and oxygen atoms in total. The number of hydrogen-bond acceptors (Lipinski definition) is 6. The van der Waals surface area contributed by atoms with Crippen LogP contribution >= 0.6 is 0 Å². The van der Waals surface area contributed by atoms with Crippen LogP contribution in [0.4, 0.5) is 9.59 Å². The van der Waals surface area contributed by atoms with Crippen molar-refractivity contribution in [1.82, 2.24) is 0 Å². The molecule has 0 amide bonds. The first kappa shape index (κ1) is 22.9. The molecule has 0 N–H and O–H groups in total. The molecule has 0 bridgehead atoms. The maximum Gasteiger partial charge on any atom is 1.00 e. The Morgan fingerprint density at radius 3 is 0.700 bits per heavy atom. The van der Waals surface area contributed by atoms with Crippen molar-refractivity contribution in [3.05, 3.63) is 0 Å². The van der Waals surface area contributed by atoms with Crippen molar-refractivity contribution in [1.29, 1.82) is 0 Å². The van der Waals surface area contributed by atoms with Crippen molar-refractivity contribution >= 4 is 12.3 Å². The minimum Gasteiger partial charge on any atom is -0.652 e. The zero-order valence-electron chi connectivity index (χ0n) is 5.45. The fourth-order valence-electron chi connectivity index (χ4n) is 0. The zero-order valence-corrected chi connectivity index (χ0v) is 18.0. The van der Waals surface area contributed by atoms with Crippen LogP contribution < -0.4 is 158 Å². The number of carbonyl (C=O) groups excluding carboxylic acids is 2. The smallest absolute Gasteiger partial charge is 0.652 e. The Morgan fingerprint density at radius 1 is 0.700 bits per heavy atom. The Balaban J connectivity index is -0.0000000300. The maximum atomic E-state index is 8.33. The molecule has 0 aromatic heterocycles. The topological polar surface area (TPSA) is 126 Å². The van der Waals surface area contributed by atoms with Crippen LogP contribution in [0, 0.1) is 0 Å². The van der Waals surface area contributed by atoms with Crippen molar-refractivity contribution in [2.45, 2.75) is 0 Å². The second-order valence-corrected chi connectivity index (χ2v) is 0.500. The second kappa shape index (κ2) is 17.7. The van der Waals surface area contributed by atoms with Crippen LogP contribution in [0.3, 0.4) is 0 Å². The predicted octanol–water partition coefficient (Wildman–Crippen LogP) is -10.9. The molecule has 0 saturated heterocycles. The van der Waals surface area contributed by atoms with Crippen molar-refractivity contribution in [2.24, 2.45) is 0 Å². The normalized spacial score (nSPS) is 4.80. The number of carboxylic acid groups (broad SMARTS) is 4. The Bertz CT molecular complexity index is 71.7. The van der Waals surface area contributed by atoms with E-state index in [9.17, 15) is 0 Å². The standard InChI is InChI=1S/2CH2O3.2Cs/c2*2-1(3)4;;/h2*(H2,2,3,4);;/q;;2*+1/p-4. The van der Waals surface area contributed by atoms with Gasteiger partial charge in [-0.1, -0.05) is 0 Å². The SMILES string of the molecule is O=C([O-])[O-].O=C([O-])[O-].[Cs+].[Cs+]. The molecule has 0 rings (SSSR count). The number of rotatable bonds is 0. The molecule has 48 valence electrons. The summed E-state index contributed by atoms with van der Waals surface area (Å²) in [6, 6.07) is 0. The van der Waals surface area contributed by atoms with E-state index in [0.29, 0.717) is 0 Å². The third kappa shape index (κ3) is 142. The van der Waals surface area contributed by atoms with Gasteiger partial charge in [0.2, 0.25) is 0 Å². The first-order valence-electron chi connectivity index (χ1n) is 1.22.